The second-order valence-corrected chi connectivity index (χ2v) is 5.90. The maximum absolute atomic E-state index is 5.90. The number of ether oxygens (including phenoxy) is 1. The van der Waals surface area contributed by atoms with Crippen molar-refractivity contribution >= 4 is 22.9 Å². The topological polar surface area (TPSA) is 22.1 Å². The molecule has 2 aromatic rings. The number of rotatable bonds is 5. The van der Waals surface area contributed by atoms with E-state index >= 15 is 0 Å². The summed E-state index contributed by atoms with van der Waals surface area (Å²) in [5, 5.41) is 3.09. The molecule has 0 amide bonds. The van der Waals surface area contributed by atoms with Gasteiger partial charge in [0.1, 0.15) is 5.75 Å². The molecule has 0 aliphatic carbocycles. The van der Waals surface area contributed by atoms with Crippen molar-refractivity contribution in [3.05, 3.63) is 44.9 Å². The molecule has 0 N–H and O–H groups in total. The van der Waals surface area contributed by atoms with Crippen LogP contribution in [0.2, 0.25) is 0 Å². The minimum absolute atomic E-state index is 0.480. The summed E-state index contributed by atoms with van der Waals surface area (Å²) in [6.07, 6.45) is 0.828. The van der Waals surface area contributed by atoms with Crippen LogP contribution < -0.4 is 4.74 Å². The third kappa shape index (κ3) is 3.71. The number of aromatic nitrogens is 1. The first-order valence-electron chi connectivity index (χ1n) is 6.30. The average Bonchev–Trinajstić information content (AvgIpc) is 2.80. The summed E-state index contributed by atoms with van der Waals surface area (Å²) in [6.45, 7) is 6.93. The fourth-order valence-corrected chi connectivity index (χ4v) is 3.17. The molecule has 0 spiro atoms. The largest absolute Gasteiger partial charge is 0.493 e. The molecule has 1 aromatic heterocycles. The number of hydrogen-bond acceptors (Lipinski definition) is 3. The Labute approximate surface area is 123 Å². The fraction of sp³-hybridized carbons (Fsp3) is 0.400. The Morgan fingerprint density at radius 2 is 1.89 bits per heavy atom. The number of alkyl halides is 1. The molecule has 1 aromatic carbocycles. The highest BCUT2D eigenvalue weighted by Crippen LogP contribution is 2.24. The highest BCUT2D eigenvalue weighted by Gasteiger charge is 2.06. The van der Waals surface area contributed by atoms with Crippen LogP contribution in [0.15, 0.2) is 17.5 Å². The Bertz CT molecular complexity index is 542. The zero-order valence-corrected chi connectivity index (χ0v) is 13.1. The molecule has 0 radical (unpaired) electrons. The van der Waals surface area contributed by atoms with E-state index in [0.29, 0.717) is 12.5 Å². The van der Waals surface area contributed by atoms with Crippen LogP contribution in [0.1, 0.15) is 27.4 Å². The van der Waals surface area contributed by atoms with Gasteiger partial charge in [-0.1, -0.05) is 17.7 Å². The van der Waals surface area contributed by atoms with Crippen molar-refractivity contribution in [3.8, 4) is 5.75 Å². The lowest BCUT2D eigenvalue weighted by Crippen LogP contribution is -2.04. The van der Waals surface area contributed by atoms with Gasteiger partial charge >= 0.3 is 0 Å². The van der Waals surface area contributed by atoms with Crippen LogP contribution in [0.3, 0.4) is 0 Å². The number of nitrogens with zero attached hydrogens (tertiary/aromatic N) is 1. The second-order valence-electron chi connectivity index (χ2n) is 4.69. The molecule has 0 aliphatic heterocycles. The molecular weight excluding hydrogens is 278 g/mol. The van der Waals surface area contributed by atoms with Gasteiger partial charge in [-0.3, -0.25) is 0 Å². The normalized spacial score (nSPS) is 10.7. The van der Waals surface area contributed by atoms with Crippen molar-refractivity contribution in [2.24, 2.45) is 0 Å². The van der Waals surface area contributed by atoms with E-state index in [4.69, 9.17) is 16.3 Å². The van der Waals surface area contributed by atoms with E-state index in [1.165, 1.54) is 16.7 Å². The van der Waals surface area contributed by atoms with E-state index < -0.39 is 0 Å². The quantitative estimate of drug-likeness (QED) is 0.761. The highest BCUT2D eigenvalue weighted by molar-refractivity contribution is 7.09. The van der Waals surface area contributed by atoms with Crippen molar-refractivity contribution in [1.82, 2.24) is 4.98 Å². The predicted octanol–water partition coefficient (Wildman–Crippen LogP) is 4.43. The van der Waals surface area contributed by atoms with Gasteiger partial charge < -0.3 is 4.74 Å². The summed E-state index contributed by atoms with van der Waals surface area (Å²) < 4.78 is 5.90. The van der Waals surface area contributed by atoms with Crippen LogP contribution in [0.4, 0.5) is 0 Å². The molecule has 0 atom stereocenters. The molecule has 4 heteroatoms. The van der Waals surface area contributed by atoms with E-state index in [-0.39, 0.29) is 0 Å². The highest BCUT2D eigenvalue weighted by atomic mass is 35.5. The predicted molar refractivity (Wildman–Crippen MR) is 81.5 cm³/mol. The number of aryl methyl sites for hydroxylation is 3. The molecule has 0 unspecified atom stereocenters. The summed E-state index contributed by atoms with van der Waals surface area (Å²) in [5.41, 5.74) is 4.61. The van der Waals surface area contributed by atoms with Gasteiger partial charge in [-0.05, 0) is 31.9 Å². The van der Waals surface area contributed by atoms with Gasteiger partial charge in [-0.25, -0.2) is 4.98 Å². The van der Waals surface area contributed by atoms with E-state index in [9.17, 15) is 0 Å². The molecule has 0 saturated carbocycles. The number of hydrogen-bond donors (Lipinski definition) is 0. The lowest BCUT2D eigenvalue weighted by Gasteiger charge is -2.12. The second kappa shape index (κ2) is 6.40. The standard InChI is InChI=1S/C15H18ClNOS/c1-10-6-11(2)15(12(3)7-10)18-5-4-14-17-13(8-16)9-19-14/h6-7,9H,4-5,8H2,1-3H3. The first-order chi connectivity index (χ1) is 9.10. The van der Waals surface area contributed by atoms with Gasteiger partial charge in [0, 0.05) is 11.8 Å². The van der Waals surface area contributed by atoms with Gasteiger partial charge in [0.25, 0.3) is 0 Å². The summed E-state index contributed by atoms with van der Waals surface area (Å²) in [7, 11) is 0. The Kier molecular flexibility index (Phi) is 4.83. The fourth-order valence-electron chi connectivity index (χ4n) is 2.16. The Hall–Kier alpha value is -1.06. The van der Waals surface area contributed by atoms with E-state index in [1.807, 2.05) is 5.38 Å². The van der Waals surface area contributed by atoms with Crippen LogP contribution in [0.5, 0.6) is 5.75 Å². The number of thiazole rings is 1. The Morgan fingerprint density at radius 1 is 1.21 bits per heavy atom. The first-order valence-corrected chi connectivity index (χ1v) is 7.71. The molecule has 0 saturated heterocycles. The minimum atomic E-state index is 0.480. The first kappa shape index (κ1) is 14.4. The Morgan fingerprint density at radius 3 is 2.47 bits per heavy atom. The molecule has 1 heterocycles. The van der Waals surface area contributed by atoms with E-state index in [1.54, 1.807) is 11.3 Å². The zero-order chi connectivity index (χ0) is 13.8. The summed E-state index contributed by atoms with van der Waals surface area (Å²) in [4.78, 5) is 4.43. The SMILES string of the molecule is Cc1cc(C)c(OCCc2nc(CCl)cs2)c(C)c1. The third-order valence-corrected chi connectivity index (χ3v) is 4.13. The van der Waals surface area contributed by atoms with Gasteiger partial charge in [0.15, 0.2) is 0 Å². The molecule has 2 nitrogen and oxygen atoms in total. The average molecular weight is 296 g/mol. The minimum Gasteiger partial charge on any atom is -0.493 e. The number of benzene rings is 1. The summed E-state index contributed by atoms with van der Waals surface area (Å²) >= 11 is 7.38. The van der Waals surface area contributed by atoms with Crippen LogP contribution in [-0.4, -0.2) is 11.6 Å². The zero-order valence-electron chi connectivity index (χ0n) is 11.5. The van der Waals surface area contributed by atoms with Crippen molar-refractivity contribution in [3.63, 3.8) is 0 Å². The molecular formula is C15H18ClNOS. The van der Waals surface area contributed by atoms with Crippen LogP contribution in [0, 0.1) is 20.8 Å². The summed E-state index contributed by atoms with van der Waals surface area (Å²) in [5.74, 6) is 1.48. The molecule has 102 valence electrons. The number of halogens is 1. The Balaban J connectivity index is 1.96. The molecule has 2 rings (SSSR count). The maximum atomic E-state index is 5.90. The van der Waals surface area contributed by atoms with Crippen LogP contribution in [0.25, 0.3) is 0 Å². The van der Waals surface area contributed by atoms with Gasteiger partial charge in [-0.15, -0.1) is 22.9 Å². The molecule has 0 fully saturated rings. The summed E-state index contributed by atoms with van der Waals surface area (Å²) in [6, 6.07) is 4.30. The van der Waals surface area contributed by atoms with Crippen molar-refractivity contribution in [2.45, 2.75) is 33.1 Å². The lowest BCUT2D eigenvalue weighted by atomic mass is 10.1. The molecule has 0 bridgehead atoms. The van der Waals surface area contributed by atoms with Crippen molar-refractivity contribution in [1.29, 1.82) is 0 Å². The molecule has 19 heavy (non-hydrogen) atoms. The van der Waals surface area contributed by atoms with Crippen molar-refractivity contribution < 1.29 is 4.74 Å². The lowest BCUT2D eigenvalue weighted by molar-refractivity contribution is 0.317. The monoisotopic (exact) mass is 295 g/mol. The molecule has 0 aliphatic rings. The van der Waals surface area contributed by atoms with Crippen LogP contribution in [-0.2, 0) is 12.3 Å². The smallest absolute Gasteiger partial charge is 0.125 e. The van der Waals surface area contributed by atoms with Gasteiger partial charge in [0.2, 0.25) is 0 Å². The third-order valence-electron chi connectivity index (χ3n) is 2.90. The van der Waals surface area contributed by atoms with Crippen LogP contribution >= 0.6 is 22.9 Å². The maximum Gasteiger partial charge on any atom is 0.125 e. The van der Waals surface area contributed by atoms with Gasteiger partial charge in [-0.2, -0.15) is 0 Å². The van der Waals surface area contributed by atoms with Crippen molar-refractivity contribution in [2.75, 3.05) is 6.61 Å². The van der Waals surface area contributed by atoms with Gasteiger partial charge in [0.05, 0.1) is 23.2 Å². The van der Waals surface area contributed by atoms with E-state index in [2.05, 4.69) is 37.9 Å². The van der Waals surface area contributed by atoms with E-state index in [0.717, 1.165) is 22.9 Å².